The fourth-order valence-electron chi connectivity index (χ4n) is 5.04. The van der Waals surface area contributed by atoms with Crippen molar-refractivity contribution < 1.29 is 36.6 Å². The number of alkyl halides is 5. The zero-order valence-corrected chi connectivity index (χ0v) is 23.0. The number of hydrogen-bond donors (Lipinski definition) is 3. The van der Waals surface area contributed by atoms with Gasteiger partial charge in [-0.3, -0.25) is 9.48 Å². The van der Waals surface area contributed by atoms with Crippen molar-refractivity contribution in [3.63, 3.8) is 0 Å². The van der Waals surface area contributed by atoms with Gasteiger partial charge >= 0.3 is 12.8 Å². The summed E-state index contributed by atoms with van der Waals surface area (Å²) in [5, 5.41) is 20.3. The summed E-state index contributed by atoms with van der Waals surface area (Å²) in [5.41, 5.74) is -1.14. The number of anilines is 1. The van der Waals surface area contributed by atoms with Crippen LogP contribution < -0.4 is 15.4 Å². The van der Waals surface area contributed by atoms with E-state index in [1.807, 2.05) is 0 Å². The van der Waals surface area contributed by atoms with Crippen molar-refractivity contribution >= 4 is 23.3 Å². The first-order valence-electron chi connectivity index (χ1n) is 13.3. The molecule has 0 aromatic carbocycles. The van der Waals surface area contributed by atoms with Crippen LogP contribution in [0, 0.1) is 11.8 Å². The van der Waals surface area contributed by atoms with E-state index >= 15 is 0 Å². The predicted molar refractivity (Wildman–Crippen MR) is 138 cm³/mol. The number of ether oxygens (including phenoxy) is 1. The molecule has 2 aromatic heterocycles. The Bertz CT molecular complexity index is 1200. The second-order valence-corrected chi connectivity index (χ2v) is 11.1. The summed E-state index contributed by atoms with van der Waals surface area (Å²) in [4.78, 5) is 17.1. The summed E-state index contributed by atoms with van der Waals surface area (Å²) in [5.74, 6) is -0.796. The average Bonchev–Trinajstić information content (AvgIpc) is 3.67. The van der Waals surface area contributed by atoms with Gasteiger partial charge in [0, 0.05) is 31.4 Å². The number of amides is 1. The van der Waals surface area contributed by atoms with Gasteiger partial charge in [0.15, 0.2) is 5.69 Å². The molecule has 2 aliphatic rings. The third-order valence-corrected chi connectivity index (χ3v) is 7.86. The summed E-state index contributed by atoms with van der Waals surface area (Å²) in [6.45, 7) is 0.767. The zero-order chi connectivity index (χ0) is 29.2. The normalized spacial score (nSPS) is 22.3. The number of rotatable bonds is 11. The summed E-state index contributed by atoms with van der Waals surface area (Å²) in [6.07, 6.45) is -0.339. The Morgan fingerprint density at radius 2 is 1.95 bits per heavy atom. The van der Waals surface area contributed by atoms with Gasteiger partial charge in [0.25, 0.3) is 5.91 Å². The number of carbonyl (C=O) groups is 1. The van der Waals surface area contributed by atoms with E-state index in [0.29, 0.717) is 31.6 Å². The maximum atomic E-state index is 13.4. The first-order valence-corrected chi connectivity index (χ1v) is 13.7. The monoisotopic (exact) mass is 593 g/mol. The van der Waals surface area contributed by atoms with Crippen molar-refractivity contribution in [3.8, 4) is 17.0 Å². The first-order chi connectivity index (χ1) is 18.8. The second-order valence-electron chi connectivity index (χ2n) is 10.8. The molecule has 2 saturated carbocycles. The third-order valence-electron chi connectivity index (χ3n) is 7.51. The topological polar surface area (TPSA) is 101 Å². The summed E-state index contributed by atoms with van der Waals surface area (Å²) >= 11 is 6.55. The number of hydrogen-bond acceptors (Lipinski definition) is 6. The molecule has 0 spiro atoms. The quantitative estimate of drug-likeness (QED) is 0.275. The minimum Gasteiger partial charge on any atom is -0.434 e. The van der Waals surface area contributed by atoms with Crippen LogP contribution in [0.3, 0.4) is 0 Å². The van der Waals surface area contributed by atoms with Crippen LogP contribution in [0.5, 0.6) is 5.75 Å². The van der Waals surface area contributed by atoms with Crippen LogP contribution in [0.2, 0.25) is 5.02 Å². The fraction of sp³-hybridized carbons (Fsp3) is 0.654. The number of halogens is 6. The summed E-state index contributed by atoms with van der Waals surface area (Å²) < 4.78 is 72.0. The lowest BCUT2D eigenvalue weighted by Gasteiger charge is -2.34. The van der Waals surface area contributed by atoms with Crippen molar-refractivity contribution in [2.75, 3.05) is 11.9 Å². The molecule has 14 heteroatoms. The van der Waals surface area contributed by atoms with E-state index in [-0.39, 0.29) is 52.5 Å². The van der Waals surface area contributed by atoms with Crippen molar-refractivity contribution in [1.82, 2.24) is 20.1 Å². The smallest absolute Gasteiger partial charge is 0.391 e. The Morgan fingerprint density at radius 3 is 2.52 bits per heavy atom. The highest BCUT2D eigenvalue weighted by Gasteiger charge is 2.40. The number of carbonyl (C=O) groups excluding carboxylic acids is 1. The third kappa shape index (κ3) is 7.54. The lowest BCUT2D eigenvalue weighted by molar-refractivity contribution is -0.138. The van der Waals surface area contributed by atoms with E-state index in [9.17, 15) is 31.9 Å². The maximum Gasteiger partial charge on any atom is 0.391 e. The molecule has 2 aliphatic carbocycles. The zero-order valence-electron chi connectivity index (χ0n) is 22.2. The Hall–Kier alpha value is -2.67. The van der Waals surface area contributed by atoms with Crippen molar-refractivity contribution in [3.05, 3.63) is 23.0 Å². The Kier molecular flexibility index (Phi) is 9.13. The fourth-order valence-corrected chi connectivity index (χ4v) is 5.36. The highest BCUT2D eigenvalue weighted by atomic mass is 35.5. The highest BCUT2D eigenvalue weighted by Crippen LogP contribution is 2.41. The second kappa shape index (κ2) is 12.1. The van der Waals surface area contributed by atoms with Crippen LogP contribution in [0.4, 0.5) is 27.8 Å². The molecule has 0 bridgehead atoms. The van der Waals surface area contributed by atoms with Crippen LogP contribution in [-0.4, -0.2) is 56.8 Å². The molecule has 0 unspecified atom stereocenters. The van der Waals surface area contributed by atoms with Crippen LogP contribution >= 0.6 is 11.6 Å². The van der Waals surface area contributed by atoms with Crippen LogP contribution in [0.15, 0.2) is 12.3 Å². The highest BCUT2D eigenvalue weighted by molar-refractivity contribution is 6.36. The molecule has 3 N–H and O–H groups in total. The van der Waals surface area contributed by atoms with E-state index in [2.05, 4.69) is 27.6 Å². The molecule has 2 heterocycles. The minimum absolute atomic E-state index is 0.00491. The van der Waals surface area contributed by atoms with Gasteiger partial charge in [-0.05, 0) is 57.3 Å². The molecule has 222 valence electrons. The number of pyridine rings is 1. The largest absolute Gasteiger partial charge is 0.434 e. The summed E-state index contributed by atoms with van der Waals surface area (Å²) in [7, 11) is 0. The van der Waals surface area contributed by atoms with Crippen molar-refractivity contribution in [1.29, 1.82) is 0 Å². The van der Waals surface area contributed by atoms with Gasteiger partial charge < -0.3 is 20.5 Å². The molecule has 0 radical (unpaired) electrons. The van der Waals surface area contributed by atoms with Crippen LogP contribution in [0.1, 0.15) is 69.3 Å². The Labute approximate surface area is 233 Å². The molecular weight excluding hydrogens is 561 g/mol. The van der Waals surface area contributed by atoms with Crippen molar-refractivity contribution in [2.45, 2.75) is 89.8 Å². The number of aromatic nitrogens is 3. The van der Waals surface area contributed by atoms with Gasteiger partial charge in [-0.2, -0.15) is 27.1 Å². The van der Waals surface area contributed by atoms with E-state index in [0.717, 1.165) is 25.1 Å². The lowest BCUT2D eigenvalue weighted by Crippen LogP contribution is -2.45. The van der Waals surface area contributed by atoms with Crippen LogP contribution in [0.25, 0.3) is 11.3 Å². The van der Waals surface area contributed by atoms with Gasteiger partial charge in [0.1, 0.15) is 11.6 Å². The number of nitrogens with one attached hydrogen (secondary N) is 2. The van der Waals surface area contributed by atoms with E-state index < -0.39 is 36.8 Å². The van der Waals surface area contributed by atoms with Gasteiger partial charge in [-0.15, -0.1) is 0 Å². The van der Waals surface area contributed by atoms with E-state index in [1.54, 1.807) is 6.92 Å². The van der Waals surface area contributed by atoms with Crippen molar-refractivity contribution in [2.24, 2.45) is 11.8 Å². The van der Waals surface area contributed by atoms with Gasteiger partial charge in [0.2, 0.25) is 0 Å². The molecule has 0 saturated heterocycles. The molecule has 2 aromatic rings. The SMILES string of the molecule is CCn1nc(C(=O)NCC2(O)CCC(C)CC2)c(Cl)c1-c1cnc(N[C@H](CC(F)(F)F)C2CC2)cc1OC(F)F. The lowest BCUT2D eigenvalue weighted by atomic mass is 9.79. The average molecular weight is 594 g/mol. The molecule has 0 aliphatic heterocycles. The Morgan fingerprint density at radius 1 is 1.27 bits per heavy atom. The first kappa shape index (κ1) is 30.3. The Balaban J connectivity index is 1.60. The molecule has 40 heavy (non-hydrogen) atoms. The number of aryl methyl sites for hydroxylation is 1. The molecule has 2 fully saturated rings. The summed E-state index contributed by atoms with van der Waals surface area (Å²) in [6, 6.07) is 0.135. The maximum absolute atomic E-state index is 13.4. The molecule has 8 nitrogen and oxygen atoms in total. The molecule has 4 rings (SSSR count). The number of nitrogens with zero attached hydrogens (tertiary/aromatic N) is 3. The van der Waals surface area contributed by atoms with Crippen LogP contribution in [-0.2, 0) is 6.54 Å². The van der Waals surface area contributed by atoms with Gasteiger partial charge in [-0.25, -0.2) is 4.98 Å². The number of aliphatic hydroxyl groups is 1. The standard InChI is InChI=1S/C26H33ClF5N5O3/c1-3-37-22(20(27)21(36-37)23(38)34-13-25(39)8-6-14(2)7-9-25)16-12-33-19(10-18(16)40-24(28)29)35-17(15-4-5-15)11-26(30,31)32/h10,12,14-15,17,24,39H,3-9,11,13H2,1-2H3,(H,33,35)(H,34,38)/t14?,17-,25?/m1/s1. The van der Waals surface area contributed by atoms with E-state index in [4.69, 9.17) is 16.3 Å². The molecule has 1 atom stereocenters. The molecular formula is C26H33ClF5N5O3. The van der Waals surface area contributed by atoms with E-state index in [1.165, 1.54) is 4.68 Å². The van der Waals surface area contributed by atoms with Gasteiger partial charge in [-0.1, -0.05) is 18.5 Å². The molecule has 1 amide bonds. The predicted octanol–water partition coefficient (Wildman–Crippen LogP) is 6.03. The van der Waals surface area contributed by atoms with Gasteiger partial charge in [0.05, 0.1) is 28.3 Å². The minimum atomic E-state index is -4.41.